The third kappa shape index (κ3) is 2.61. The maximum absolute atomic E-state index is 13.4. The molecule has 0 aromatic heterocycles. The number of halogens is 3. The van der Waals surface area contributed by atoms with E-state index in [1.807, 2.05) is 0 Å². The summed E-state index contributed by atoms with van der Waals surface area (Å²) in [7, 11) is 0. The minimum atomic E-state index is -3.29. The highest BCUT2D eigenvalue weighted by atomic mass is 19.3. The Morgan fingerprint density at radius 1 is 0.846 bits per heavy atom. The molecule has 3 heteroatoms. The molecule has 0 aromatic rings. The second-order valence-electron chi connectivity index (χ2n) is 5.60. The highest BCUT2D eigenvalue weighted by Crippen LogP contribution is 2.45. The van der Waals surface area contributed by atoms with Crippen molar-refractivity contribution in [3.63, 3.8) is 0 Å². The van der Waals surface area contributed by atoms with Crippen molar-refractivity contribution in [1.29, 1.82) is 0 Å². The normalized spacial score (nSPS) is 17.3. The maximum Gasteiger partial charge on any atom is 0.283 e. The summed E-state index contributed by atoms with van der Waals surface area (Å²) in [5, 5.41) is 0. The molecule has 0 aliphatic heterocycles. The molecule has 0 fully saturated rings. The number of hydrogen-bond acceptors (Lipinski definition) is 0. The first kappa shape index (κ1) is 12.8. The van der Waals surface area contributed by atoms with Gasteiger partial charge in [0.25, 0.3) is 5.92 Å². The first-order valence-corrected chi connectivity index (χ1v) is 4.42. The molecule has 0 N–H and O–H groups in total. The van der Waals surface area contributed by atoms with Crippen LogP contribution in [0.3, 0.4) is 0 Å². The summed E-state index contributed by atoms with van der Waals surface area (Å²) < 4.78 is 40.3. The smallest absolute Gasteiger partial charge is 0.240 e. The highest BCUT2D eigenvalue weighted by Gasteiger charge is 2.54. The predicted molar refractivity (Wildman–Crippen MR) is 48.8 cm³/mol. The molecule has 0 spiro atoms. The SMILES string of the molecule is CC(C)(C)C(F)C(F)(F)C(C)(C)C. The van der Waals surface area contributed by atoms with Gasteiger partial charge in [-0.15, -0.1) is 0 Å². The zero-order valence-corrected chi connectivity index (χ0v) is 9.21. The zero-order valence-electron chi connectivity index (χ0n) is 9.21. The lowest BCUT2D eigenvalue weighted by atomic mass is 9.76. The van der Waals surface area contributed by atoms with Crippen LogP contribution in [0.5, 0.6) is 0 Å². The molecule has 0 rings (SSSR count). The molecule has 0 saturated carbocycles. The molecule has 0 saturated heterocycles. The topological polar surface area (TPSA) is 0 Å². The van der Waals surface area contributed by atoms with Crippen LogP contribution in [-0.2, 0) is 0 Å². The van der Waals surface area contributed by atoms with Gasteiger partial charge in [0.05, 0.1) is 0 Å². The summed E-state index contributed by atoms with van der Waals surface area (Å²) in [6.45, 7) is 8.51. The van der Waals surface area contributed by atoms with E-state index < -0.39 is 22.9 Å². The largest absolute Gasteiger partial charge is 0.283 e. The Labute approximate surface area is 78.5 Å². The van der Waals surface area contributed by atoms with E-state index in [2.05, 4.69) is 0 Å². The minimum Gasteiger partial charge on any atom is -0.240 e. The van der Waals surface area contributed by atoms with Crippen LogP contribution in [0.4, 0.5) is 13.2 Å². The molecule has 0 nitrogen and oxygen atoms in total. The number of rotatable bonds is 1. The lowest BCUT2D eigenvalue weighted by Crippen LogP contribution is -2.48. The van der Waals surface area contributed by atoms with Gasteiger partial charge in [0.2, 0.25) is 0 Å². The van der Waals surface area contributed by atoms with Gasteiger partial charge < -0.3 is 0 Å². The highest BCUT2D eigenvalue weighted by molar-refractivity contribution is 4.93. The molecule has 13 heavy (non-hydrogen) atoms. The fourth-order valence-electron chi connectivity index (χ4n) is 0.924. The lowest BCUT2D eigenvalue weighted by Gasteiger charge is -2.38. The molecule has 1 unspecified atom stereocenters. The summed E-state index contributed by atoms with van der Waals surface area (Å²) in [5.74, 6) is -3.29. The van der Waals surface area contributed by atoms with Gasteiger partial charge in [-0.3, -0.25) is 0 Å². The molecule has 0 aliphatic carbocycles. The van der Waals surface area contributed by atoms with Gasteiger partial charge in [0.1, 0.15) is 0 Å². The number of alkyl halides is 3. The van der Waals surface area contributed by atoms with E-state index in [1.54, 1.807) is 0 Å². The molecule has 80 valence electrons. The molecule has 0 heterocycles. The molecule has 0 aliphatic rings. The second-order valence-corrected chi connectivity index (χ2v) is 5.60. The van der Waals surface area contributed by atoms with E-state index in [0.717, 1.165) is 0 Å². The predicted octanol–water partition coefficient (Wildman–Crippen LogP) is 4.05. The van der Waals surface area contributed by atoms with Crippen LogP contribution in [0.1, 0.15) is 41.5 Å². The summed E-state index contributed by atoms with van der Waals surface area (Å²) in [5.41, 5.74) is -2.35. The van der Waals surface area contributed by atoms with Gasteiger partial charge in [0, 0.05) is 5.41 Å². The maximum atomic E-state index is 13.4. The molecular formula is C10H19F3. The Kier molecular flexibility index (Phi) is 3.12. The van der Waals surface area contributed by atoms with E-state index in [9.17, 15) is 13.2 Å². The molecular weight excluding hydrogens is 177 g/mol. The first-order chi connectivity index (χ1) is 5.40. The lowest BCUT2D eigenvalue weighted by molar-refractivity contribution is -0.177. The Morgan fingerprint density at radius 3 is 1.23 bits per heavy atom. The Balaban J connectivity index is 4.86. The summed E-state index contributed by atoms with van der Waals surface area (Å²) in [4.78, 5) is 0. The van der Waals surface area contributed by atoms with Crippen LogP contribution in [0.25, 0.3) is 0 Å². The van der Waals surface area contributed by atoms with Crippen LogP contribution in [-0.4, -0.2) is 12.1 Å². The third-order valence-electron chi connectivity index (χ3n) is 2.08. The number of hydrogen-bond donors (Lipinski definition) is 0. The fourth-order valence-corrected chi connectivity index (χ4v) is 0.924. The monoisotopic (exact) mass is 196 g/mol. The summed E-state index contributed by atoms with van der Waals surface area (Å²) >= 11 is 0. The molecule has 0 aromatic carbocycles. The average molecular weight is 196 g/mol. The molecule has 0 bridgehead atoms. The Morgan fingerprint density at radius 2 is 1.15 bits per heavy atom. The Hall–Kier alpha value is -0.210. The van der Waals surface area contributed by atoms with Gasteiger partial charge >= 0.3 is 0 Å². The van der Waals surface area contributed by atoms with Crippen molar-refractivity contribution in [2.75, 3.05) is 0 Å². The van der Waals surface area contributed by atoms with Crippen LogP contribution in [0.2, 0.25) is 0 Å². The van der Waals surface area contributed by atoms with Crippen molar-refractivity contribution < 1.29 is 13.2 Å². The van der Waals surface area contributed by atoms with Gasteiger partial charge in [-0.05, 0) is 5.41 Å². The van der Waals surface area contributed by atoms with Crippen molar-refractivity contribution in [2.45, 2.75) is 53.6 Å². The van der Waals surface area contributed by atoms with E-state index >= 15 is 0 Å². The molecule has 0 radical (unpaired) electrons. The third-order valence-corrected chi connectivity index (χ3v) is 2.08. The molecule has 0 amide bonds. The zero-order chi connectivity index (χ0) is 11.1. The van der Waals surface area contributed by atoms with E-state index in [0.29, 0.717) is 0 Å². The summed E-state index contributed by atoms with van der Waals surface area (Å²) in [6, 6.07) is 0. The van der Waals surface area contributed by atoms with Crippen LogP contribution in [0, 0.1) is 10.8 Å². The van der Waals surface area contributed by atoms with Crippen molar-refractivity contribution in [3.05, 3.63) is 0 Å². The standard InChI is InChI=1S/C10H19F3/c1-8(2,3)7(11)10(12,13)9(4,5)6/h7H,1-6H3. The first-order valence-electron chi connectivity index (χ1n) is 4.42. The summed E-state index contributed by atoms with van der Waals surface area (Å²) in [6.07, 6.45) is -2.11. The van der Waals surface area contributed by atoms with Gasteiger partial charge in [-0.2, -0.15) is 0 Å². The van der Waals surface area contributed by atoms with Crippen molar-refractivity contribution in [1.82, 2.24) is 0 Å². The van der Waals surface area contributed by atoms with Gasteiger partial charge in [-0.25, -0.2) is 13.2 Å². The van der Waals surface area contributed by atoms with Crippen molar-refractivity contribution >= 4 is 0 Å². The van der Waals surface area contributed by atoms with E-state index in [-0.39, 0.29) is 0 Å². The van der Waals surface area contributed by atoms with E-state index in [4.69, 9.17) is 0 Å². The van der Waals surface area contributed by atoms with Crippen LogP contribution in [0.15, 0.2) is 0 Å². The minimum absolute atomic E-state index is 1.02. The molecule has 1 atom stereocenters. The Bertz CT molecular complexity index is 172. The quantitative estimate of drug-likeness (QED) is 0.593. The second kappa shape index (κ2) is 3.18. The fraction of sp³-hybridized carbons (Fsp3) is 1.00. The van der Waals surface area contributed by atoms with Crippen molar-refractivity contribution in [2.24, 2.45) is 10.8 Å². The van der Waals surface area contributed by atoms with Crippen LogP contribution >= 0.6 is 0 Å². The van der Waals surface area contributed by atoms with E-state index in [1.165, 1.54) is 41.5 Å². The van der Waals surface area contributed by atoms with Crippen molar-refractivity contribution in [3.8, 4) is 0 Å². The van der Waals surface area contributed by atoms with Gasteiger partial charge in [-0.1, -0.05) is 41.5 Å². The van der Waals surface area contributed by atoms with Gasteiger partial charge in [0.15, 0.2) is 6.17 Å². The average Bonchev–Trinajstić information content (AvgIpc) is 1.81. The van der Waals surface area contributed by atoms with Crippen LogP contribution < -0.4 is 0 Å².